The van der Waals surface area contributed by atoms with E-state index in [1.807, 2.05) is 89.2 Å². The fraction of sp³-hybridized carbons (Fsp3) is 0.448. The number of ether oxygens (including phenoxy) is 1. The number of benzene rings is 2. The van der Waals surface area contributed by atoms with Crippen molar-refractivity contribution in [3.8, 4) is 18.1 Å². The van der Waals surface area contributed by atoms with E-state index in [0.717, 1.165) is 16.9 Å². The zero-order valence-corrected chi connectivity index (χ0v) is 21.1. The molecule has 0 saturated heterocycles. The molecule has 3 N–H and O–H groups in total. The summed E-state index contributed by atoms with van der Waals surface area (Å²) in [5, 5.41) is 3.04. The third-order valence-electron chi connectivity index (χ3n) is 5.64. The molecule has 2 aromatic carbocycles. The number of carbonyl (C=O) groups is 2. The van der Waals surface area contributed by atoms with Gasteiger partial charge >= 0.3 is 0 Å². The number of amides is 1. The van der Waals surface area contributed by atoms with Crippen LogP contribution in [0.5, 0.6) is 5.75 Å². The zero-order chi connectivity index (χ0) is 25.4. The molecule has 0 aromatic heterocycles. The molecule has 0 saturated carbocycles. The molecule has 0 aliphatic rings. The third kappa shape index (κ3) is 8.68. The number of terminal acetylenes is 1. The molecule has 182 valence electrons. The maximum atomic E-state index is 13.0. The third-order valence-corrected chi connectivity index (χ3v) is 5.64. The summed E-state index contributed by atoms with van der Waals surface area (Å²) < 4.78 is 5.85. The molecule has 0 bridgehead atoms. The van der Waals surface area contributed by atoms with Crippen molar-refractivity contribution in [2.24, 2.45) is 11.7 Å². The minimum absolute atomic E-state index is 0.0371. The van der Waals surface area contributed by atoms with Gasteiger partial charge in [-0.3, -0.25) is 9.59 Å². The molecule has 0 radical (unpaired) electrons. The second-order valence-electron chi connectivity index (χ2n) is 10.3. The summed E-state index contributed by atoms with van der Waals surface area (Å²) in [4.78, 5) is 26.0. The van der Waals surface area contributed by atoms with Gasteiger partial charge in [-0.1, -0.05) is 42.5 Å². The predicted octanol–water partition coefficient (Wildman–Crippen LogP) is 4.47. The number of carbonyl (C=O) groups excluding carboxylic acids is 2. The van der Waals surface area contributed by atoms with E-state index in [0.29, 0.717) is 19.3 Å². The molecule has 0 aliphatic heterocycles. The van der Waals surface area contributed by atoms with Gasteiger partial charge in [-0.15, -0.1) is 12.3 Å². The molecule has 5 heteroatoms. The lowest BCUT2D eigenvalue weighted by molar-refractivity contribution is -0.128. The minimum atomic E-state index is -0.791. The Hall–Kier alpha value is -3.10. The maximum absolute atomic E-state index is 13.0. The summed E-state index contributed by atoms with van der Waals surface area (Å²) in [6, 6.07) is 16.6. The lowest BCUT2D eigenvalue weighted by atomic mass is 9.78. The van der Waals surface area contributed by atoms with Crippen molar-refractivity contribution in [2.45, 2.75) is 77.5 Å². The zero-order valence-electron chi connectivity index (χ0n) is 21.1. The molecule has 5 nitrogen and oxygen atoms in total. The highest BCUT2D eigenvalue weighted by Crippen LogP contribution is 2.25. The highest BCUT2D eigenvalue weighted by molar-refractivity contribution is 5.86. The molecule has 2 rings (SSSR count). The van der Waals surface area contributed by atoms with Crippen LogP contribution in [0.4, 0.5) is 0 Å². The second-order valence-corrected chi connectivity index (χ2v) is 10.3. The number of ketones is 1. The number of rotatable bonds is 11. The van der Waals surface area contributed by atoms with Crippen LogP contribution >= 0.6 is 0 Å². The Kier molecular flexibility index (Phi) is 9.46. The molecular formula is C29H38N2O3. The van der Waals surface area contributed by atoms with Gasteiger partial charge in [0.2, 0.25) is 5.91 Å². The number of nitrogens with one attached hydrogen (secondary N) is 1. The van der Waals surface area contributed by atoms with Gasteiger partial charge in [0, 0.05) is 24.3 Å². The lowest BCUT2D eigenvalue weighted by Gasteiger charge is -2.35. The summed E-state index contributed by atoms with van der Waals surface area (Å²) in [5.41, 5.74) is 7.15. The lowest BCUT2D eigenvalue weighted by Crippen LogP contribution is -2.56. The summed E-state index contributed by atoms with van der Waals surface area (Å²) in [6.45, 7) is 9.72. The average Bonchev–Trinajstić information content (AvgIpc) is 2.76. The fourth-order valence-electron chi connectivity index (χ4n) is 3.88. The van der Waals surface area contributed by atoms with Crippen LogP contribution in [-0.4, -0.2) is 28.9 Å². The van der Waals surface area contributed by atoms with Crippen LogP contribution < -0.4 is 15.8 Å². The van der Waals surface area contributed by atoms with Gasteiger partial charge in [-0.2, -0.15) is 0 Å². The van der Waals surface area contributed by atoms with E-state index in [2.05, 4.69) is 11.2 Å². The Bertz CT molecular complexity index is 983. The van der Waals surface area contributed by atoms with Crippen LogP contribution in [0.3, 0.4) is 0 Å². The topological polar surface area (TPSA) is 81.4 Å². The summed E-state index contributed by atoms with van der Waals surface area (Å²) >= 11 is 0. The number of hydrogen-bond donors (Lipinski definition) is 2. The van der Waals surface area contributed by atoms with E-state index in [9.17, 15) is 9.59 Å². The molecule has 0 fully saturated rings. The monoisotopic (exact) mass is 462 g/mol. The Balaban J connectivity index is 2.08. The van der Waals surface area contributed by atoms with E-state index in [-0.39, 0.29) is 23.7 Å². The first-order valence-electron chi connectivity index (χ1n) is 11.8. The molecule has 34 heavy (non-hydrogen) atoms. The SMILES string of the molecule is C#CCCC(=O)[C@H](Cc1ccccc1)C(C)(C)NC(=O)[C@@H](N)Cc1ccc(OC(C)(C)C)cc1. The molecule has 0 unspecified atom stereocenters. The first-order valence-corrected chi connectivity index (χ1v) is 11.8. The van der Waals surface area contributed by atoms with Crippen molar-refractivity contribution < 1.29 is 14.3 Å². The summed E-state index contributed by atoms with van der Waals surface area (Å²) in [5.74, 6) is 2.63. The van der Waals surface area contributed by atoms with E-state index >= 15 is 0 Å². The smallest absolute Gasteiger partial charge is 0.237 e. The van der Waals surface area contributed by atoms with Gasteiger partial charge < -0.3 is 15.8 Å². The van der Waals surface area contributed by atoms with E-state index in [1.165, 1.54) is 0 Å². The van der Waals surface area contributed by atoms with Gasteiger partial charge in [0.05, 0.1) is 6.04 Å². The fourth-order valence-corrected chi connectivity index (χ4v) is 3.88. The van der Waals surface area contributed by atoms with E-state index in [1.54, 1.807) is 0 Å². The highest BCUT2D eigenvalue weighted by Gasteiger charge is 2.36. The second kappa shape index (κ2) is 11.9. The van der Waals surface area contributed by atoms with Crippen LogP contribution in [0.25, 0.3) is 0 Å². The number of hydrogen-bond acceptors (Lipinski definition) is 4. The maximum Gasteiger partial charge on any atom is 0.237 e. The van der Waals surface area contributed by atoms with Crippen LogP contribution in [0.2, 0.25) is 0 Å². The first kappa shape index (κ1) is 27.1. The molecule has 0 aliphatic carbocycles. The van der Waals surface area contributed by atoms with E-state index < -0.39 is 17.5 Å². The molecule has 2 aromatic rings. The molecule has 0 spiro atoms. The number of nitrogens with two attached hydrogens (primary N) is 1. The van der Waals surface area contributed by atoms with Crippen LogP contribution in [0.1, 0.15) is 58.6 Å². The van der Waals surface area contributed by atoms with Crippen LogP contribution in [-0.2, 0) is 22.4 Å². The van der Waals surface area contributed by atoms with E-state index in [4.69, 9.17) is 16.9 Å². The minimum Gasteiger partial charge on any atom is -0.488 e. The first-order chi connectivity index (χ1) is 15.9. The summed E-state index contributed by atoms with van der Waals surface area (Å²) in [7, 11) is 0. The van der Waals surface area contributed by atoms with Crippen molar-refractivity contribution >= 4 is 11.7 Å². The van der Waals surface area contributed by atoms with Gasteiger partial charge in [0.1, 0.15) is 17.1 Å². The van der Waals surface area contributed by atoms with Gasteiger partial charge in [-0.05, 0) is 70.7 Å². The Morgan fingerprint density at radius 1 is 0.971 bits per heavy atom. The highest BCUT2D eigenvalue weighted by atomic mass is 16.5. The van der Waals surface area contributed by atoms with Crippen molar-refractivity contribution in [2.75, 3.05) is 0 Å². The average molecular weight is 463 g/mol. The Morgan fingerprint density at radius 2 is 1.56 bits per heavy atom. The number of Topliss-reactive ketones (excluding diaryl/α,β-unsaturated/α-hetero) is 1. The van der Waals surface area contributed by atoms with Crippen LogP contribution in [0, 0.1) is 18.3 Å². The predicted molar refractivity (Wildman–Crippen MR) is 137 cm³/mol. The largest absolute Gasteiger partial charge is 0.488 e. The van der Waals surface area contributed by atoms with Crippen molar-refractivity contribution in [1.82, 2.24) is 5.32 Å². The molecule has 2 atom stereocenters. The molecular weight excluding hydrogens is 424 g/mol. The Morgan fingerprint density at radius 3 is 2.12 bits per heavy atom. The molecule has 0 heterocycles. The van der Waals surface area contributed by atoms with Gasteiger partial charge in [-0.25, -0.2) is 0 Å². The van der Waals surface area contributed by atoms with Gasteiger partial charge in [0.15, 0.2) is 0 Å². The Labute approximate surface area is 204 Å². The van der Waals surface area contributed by atoms with Crippen molar-refractivity contribution in [1.29, 1.82) is 0 Å². The quantitative estimate of drug-likeness (QED) is 0.483. The normalized spacial score (nSPS) is 13.4. The van der Waals surface area contributed by atoms with Crippen molar-refractivity contribution in [3.63, 3.8) is 0 Å². The summed E-state index contributed by atoms with van der Waals surface area (Å²) in [6.07, 6.45) is 6.93. The standard InChI is InChI=1S/C29H38N2O3/c1-7-8-14-26(32)24(19-21-12-10-9-11-13-21)29(5,6)31-27(33)25(30)20-22-15-17-23(18-16-22)34-28(2,3)4/h1,9-13,15-18,24-25H,8,14,19-20,30H2,2-6H3,(H,31,33)/t24-,25-/m0/s1. The van der Waals surface area contributed by atoms with Gasteiger partial charge in [0.25, 0.3) is 0 Å². The molecule has 1 amide bonds. The van der Waals surface area contributed by atoms with Crippen molar-refractivity contribution in [3.05, 3.63) is 65.7 Å². The van der Waals surface area contributed by atoms with Crippen LogP contribution in [0.15, 0.2) is 54.6 Å².